The first-order valence-corrected chi connectivity index (χ1v) is 11.7. The highest BCUT2D eigenvalue weighted by atomic mass is 16.7. The van der Waals surface area contributed by atoms with Crippen LogP contribution in [-0.2, 0) is 14.2 Å². The van der Waals surface area contributed by atoms with E-state index < -0.39 is 29.8 Å². The average Bonchev–Trinajstić information content (AvgIpc) is 3.28. The molecule has 0 N–H and O–H groups in total. The van der Waals surface area contributed by atoms with E-state index in [1.807, 2.05) is 0 Å². The van der Waals surface area contributed by atoms with Crippen LogP contribution in [-0.4, -0.2) is 74.6 Å². The maximum Gasteiger partial charge on any atom is 0.410 e. The lowest BCUT2D eigenvalue weighted by atomic mass is 10.0. The summed E-state index contributed by atoms with van der Waals surface area (Å²) in [6.45, 7) is 5.29. The largest absolute Gasteiger partial charge is 0.497 e. The highest BCUT2D eigenvalue weighted by Crippen LogP contribution is 2.25. The molecule has 12 nitrogen and oxygen atoms in total. The molecule has 0 spiro atoms. The lowest BCUT2D eigenvalue weighted by Crippen LogP contribution is -2.36. The van der Waals surface area contributed by atoms with Gasteiger partial charge in [-0.05, 0) is 50.6 Å². The SMILES string of the molecule is COCOc1cc(OC)cc(C(=O)c2ccc(C(=O)OC3CN(C(=O)OC(C)(C)C)CC3N=[N+]=[N-])cc2)c1. The van der Waals surface area contributed by atoms with Gasteiger partial charge in [0.1, 0.15) is 23.2 Å². The van der Waals surface area contributed by atoms with E-state index in [9.17, 15) is 14.4 Å². The molecule has 1 aliphatic heterocycles. The van der Waals surface area contributed by atoms with E-state index >= 15 is 0 Å². The quantitative estimate of drug-likeness (QED) is 0.117. The van der Waals surface area contributed by atoms with Crippen molar-refractivity contribution in [3.8, 4) is 11.5 Å². The Morgan fingerprint density at radius 2 is 1.66 bits per heavy atom. The van der Waals surface area contributed by atoms with Gasteiger partial charge < -0.3 is 28.6 Å². The van der Waals surface area contributed by atoms with Gasteiger partial charge in [-0.15, -0.1) is 0 Å². The molecule has 1 fully saturated rings. The average molecular weight is 527 g/mol. The van der Waals surface area contributed by atoms with Crippen molar-refractivity contribution in [3.05, 3.63) is 69.6 Å². The number of methoxy groups -OCH3 is 2. The number of esters is 1. The molecular formula is C26H30N4O8. The number of hydrogen-bond acceptors (Lipinski definition) is 9. The molecule has 1 heterocycles. The van der Waals surface area contributed by atoms with E-state index in [0.717, 1.165) is 0 Å². The van der Waals surface area contributed by atoms with Crippen molar-refractivity contribution in [1.29, 1.82) is 0 Å². The third-order valence-electron chi connectivity index (χ3n) is 5.45. The van der Waals surface area contributed by atoms with Crippen LogP contribution >= 0.6 is 0 Å². The van der Waals surface area contributed by atoms with Gasteiger partial charge in [0.25, 0.3) is 0 Å². The van der Waals surface area contributed by atoms with Crippen LogP contribution < -0.4 is 9.47 Å². The predicted molar refractivity (Wildman–Crippen MR) is 135 cm³/mol. The zero-order valence-electron chi connectivity index (χ0n) is 21.9. The van der Waals surface area contributed by atoms with Gasteiger partial charge in [0.05, 0.1) is 25.3 Å². The first-order chi connectivity index (χ1) is 18.0. The van der Waals surface area contributed by atoms with Gasteiger partial charge in [-0.1, -0.05) is 17.2 Å². The van der Waals surface area contributed by atoms with Crippen LogP contribution in [0.25, 0.3) is 10.4 Å². The fraction of sp³-hybridized carbons (Fsp3) is 0.423. The third-order valence-corrected chi connectivity index (χ3v) is 5.45. The van der Waals surface area contributed by atoms with Crippen LogP contribution in [0.5, 0.6) is 11.5 Å². The summed E-state index contributed by atoms with van der Waals surface area (Å²) in [6.07, 6.45) is -1.44. The second-order valence-electron chi connectivity index (χ2n) is 9.46. The molecule has 1 aliphatic rings. The molecular weight excluding hydrogens is 496 g/mol. The van der Waals surface area contributed by atoms with Crippen LogP contribution in [0.1, 0.15) is 47.1 Å². The molecule has 3 rings (SSSR count). The van der Waals surface area contributed by atoms with Gasteiger partial charge in [0.15, 0.2) is 12.6 Å². The summed E-state index contributed by atoms with van der Waals surface area (Å²) >= 11 is 0. The minimum absolute atomic E-state index is 0.00860. The molecule has 2 aromatic carbocycles. The first-order valence-electron chi connectivity index (χ1n) is 11.7. The molecule has 38 heavy (non-hydrogen) atoms. The zero-order valence-corrected chi connectivity index (χ0v) is 21.9. The molecule has 2 aromatic rings. The van der Waals surface area contributed by atoms with Crippen molar-refractivity contribution in [1.82, 2.24) is 4.90 Å². The number of benzene rings is 2. The van der Waals surface area contributed by atoms with Gasteiger partial charge in [-0.25, -0.2) is 9.59 Å². The number of ketones is 1. The molecule has 0 aromatic heterocycles. The van der Waals surface area contributed by atoms with Crippen molar-refractivity contribution in [3.63, 3.8) is 0 Å². The van der Waals surface area contributed by atoms with Gasteiger partial charge in [-0.3, -0.25) is 4.79 Å². The second kappa shape index (κ2) is 12.3. The van der Waals surface area contributed by atoms with Crippen molar-refractivity contribution in [2.45, 2.75) is 38.5 Å². The summed E-state index contributed by atoms with van der Waals surface area (Å²) in [4.78, 5) is 42.4. The normalized spacial score (nSPS) is 16.8. The minimum Gasteiger partial charge on any atom is -0.497 e. The maximum atomic E-state index is 13.1. The summed E-state index contributed by atoms with van der Waals surface area (Å²) in [5, 5.41) is 3.67. The molecule has 1 amide bonds. The Balaban J connectivity index is 1.71. The molecule has 1 saturated heterocycles. The van der Waals surface area contributed by atoms with E-state index in [1.54, 1.807) is 39.0 Å². The molecule has 0 saturated carbocycles. The number of amides is 1. The number of carbonyl (C=O) groups excluding carboxylic acids is 3. The number of azide groups is 1. The zero-order chi connectivity index (χ0) is 27.9. The summed E-state index contributed by atoms with van der Waals surface area (Å²) < 4.78 is 26.5. The van der Waals surface area contributed by atoms with E-state index in [-0.39, 0.29) is 31.2 Å². The van der Waals surface area contributed by atoms with Crippen LogP contribution in [0.2, 0.25) is 0 Å². The summed E-state index contributed by atoms with van der Waals surface area (Å²) in [5.41, 5.74) is 9.05. The molecule has 0 aliphatic carbocycles. The fourth-order valence-electron chi connectivity index (χ4n) is 3.69. The van der Waals surface area contributed by atoms with E-state index in [0.29, 0.717) is 22.6 Å². The molecule has 0 bridgehead atoms. The number of carbonyl (C=O) groups is 3. The fourth-order valence-corrected chi connectivity index (χ4v) is 3.69. The van der Waals surface area contributed by atoms with E-state index in [2.05, 4.69) is 10.0 Å². The van der Waals surface area contributed by atoms with Crippen LogP contribution in [0.3, 0.4) is 0 Å². The molecule has 2 atom stereocenters. The Hall–Kier alpha value is -4.28. The molecule has 12 heteroatoms. The predicted octanol–water partition coefficient (Wildman–Crippen LogP) is 4.36. The molecule has 2 unspecified atom stereocenters. The number of rotatable bonds is 9. The standard InChI is InChI=1S/C26H30N4O8/c1-26(2,3)38-25(33)30-13-21(28-29-27)22(14-30)37-24(32)17-8-6-16(7-9-17)23(31)18-10-19(35-5)12-20(11-18)36-15-34-4/h6-12,21-22H,13-15H2,1-5H3. The van der Waals surface area contributed by atoms with Gasteiger partial charge >= 0.3 is 12.1 Å². The monoisotopic (exact) mass is 526 g/mol. The summed E-state index contributed by atoms with van der Waals surface area (Å²) in [6, 6.07) is 9.93. The molecule has 202 valence electrons. The maximum absolute atomic E-state index is 13.1. The van der Waals surface area contributed by atoms with Gasteiger partial charge in [-0.2, -0.15) is 0 Å². The minimum atomic E-state index is -0.852. The van der Waals surface area contributed by atoms with Crippen LogP contribution in [0.4, 0.5) is 4.79 Å². The number of hydrogen-bond donors (Lipinski definition) is 0. The van der Waals surface area contributed by atoms with Crippen molar-refractivity contribution < 1.29 is 38.1 Å². The highest BCUT2D eigenvalue weighted by Gasteiger charge is 2.39. The van der Waals surface area contributed by atoms with E-state index in [4.69, 9.17) is 29.2 Å². The lowest BCUT2D eigenvalue weighted by Gasteiger charge is -2.24. The van der Waals surface area contributed by atoms with Gasteiger partial charge in [0, 0.05) is 35.8 Å². The Morgan fingerprint density at radius 3 is 2.26 bits per heavy atom. The Kier molecular flexibility index (Phi) is 9.16. The van der Waals surface area contributed by atoms with Gasteiger partial charge in [0.2, 0.25) is 0 Å². The van der Waals surface area contributed by atoms with Crippen molar-refractivity contribution in [2.75, 3.05) is 34.1 Å². The van der Waals surface area contributed by atoms with Crippen molar-refractivity contribution in [2.24, 2.45) is 5.11 Å². The number of nitrogens with zero attached hydrogens (tertiary/aromatic N) is 4. The Morgan fingerprint density at radius 1 is 1.00 bits per heavy atom. The third kappa shape index (κ3) is 7.37. The highest BCUT2D eigenvalue weighted by molar-refractivity contribution is 6.09. The van der Waals surface area contributed by atoms with Crippen LogP contribution in [0.15, 0.2) is 47.6 Å². The van der Waals surface area contributed by atoms with E-state index in [1.165, 1.54) is 43.4 Å². The van der Waals surface area contributed by atoms with Crippen molar-refractivity contribution >= 4 is 17.8 Å². The number of ether oxygens (including phenoxy) is 5. The van der Waals surface area contributed by atoms with Crippen LogP contribution in [0, 0.1) is 0 Å². The lowest BCUT2D eigenvalue weighted by molar-refractivity contribution is 0.0184. The summed E-state index contributed by atoms with van der Waals surface area (Å²) in [5.74, 6) is -0.150. The Labute approximate surface area is 220 Å². The number of likely N-dealkylation sites (tertiary alicyclic amines) is 1. The summed E-state index contributed by atoms with van der Waals surface area (Å²) in [7, 11) is 2.97. The second-order valence-corrected chi connectivity index (χ2v) is 9.46. The smallest absolute Gasteiger partial charge is 0.410 e. The first kappa shape index (κ1) is 28.3. The topological polar surface area (TPSA) is 149 Å². The Bertz CT molecular complexity index is 1220. The molecule has 0 radical (unpaired) electrons.